The molecule has 0 atom stereocenters. The van der Waals surface area contributed by atoms with Gasteiger partial charge in [-0.3, -0.25) is 10.2 Å². The van der Waals surface area contributed by atoms with Crippen molar-refractivity contribution >= 4 is 12.0 Å². The van der Waals surface area contributed by atoms with Crippen LogP contribution in [0.2, 0.25) is 0 Å². The normalized spacial score (nSPS) is 17.4. The van der Waals surface area contributed by atoms with Crippen LogP contribution in [-0.2, 0) is 4.79 Å². The van der Waals surface area contributed by atoms with E-state index in [-0.39, 0.29) is 12.6 Å². The van der Waals surface area contributed by atoms with E-state index in [4.69, 9.17) is 5.11 Å². The van der Waals surface area contributed by atoms with Gasteiger partial charge in [-0.05, 0) is 13.5 Å². The van der Waals surface area contributed by atoms with Crippen molar-refractivity contribution in [3.05, 3.63) is 0 Å². The number of carbonyl (C=O) groups excluding carboxylic acids is 1. The van der Waals surface area contributed by atoms with Crippen LogP contribution in [0.5, 0.6) is 0 Å². The molecule has 2 amide bonds. The van der Waals surface area contributed by atoms with Crippen LogP contribution in [0.3, 0.4) is 0 Å². The first-order valence-electron chi connectivity index (χ1n) is 6.23. The molecule has 0 aromatic heterocycles. The van der Waals surface area contributed by atoms with Gasteiger partial charge in [0, 0.05) is 32.7 Å². The van der Waals surface area contributed by atoms with Crippen LogP contribution >= 0.6 is 0 Å². The summed E-state index contributed by atoms with van der Waals surface area (Å²) in [5.74, 6) is -0.989. The van der Waals surface area contributed by atoms with E-state index in [9.17, 15) is 9.59 Å². The highest BCUT2D eigenvalue weighted by Gasteiger charge is 2.20. The highest BCUT2D eigenvalue weighted by Crippen LogP contribution is 1.98. The lowest BCUT2D eigenvalue weighted by molar-refractivity contribution is -0.137. The summed E-state index contributed by atoms with van der Waals surface area (Å²) < 4.78 is 0. The van der Waals surface area contributed by atoms with E-state index in [2.05, 4.69) is 10.3 Å². The maximum absolute atomic E-state index is 11.9. The molecule has 7 heteroatoms. The molecule has 1 saturated heterocycles. The minimum atomic E-state index is -0.989. The Labute approximate surface area is 107 Å². The zero-order valence-corrected chi connectivity index (χ0v) is 11.1. The van der Waals surface area contributed by atoms with Crippen molar-refractivity contribution in [2.75, 3.05) is 46.3 Å². The molecule has 1 aliphatic heterocycles. The van der Waals surface area contributed by atoms with Crippen molar-refractivity contribution in [3.63, 3.8) is 0 Å². The molecule has 0 radical (unpaired) electrons. The van der Waals surface area contributed by atoms with E-state index in [0.29, 0.717) is 6.54 Å². The quantitative estimate of drug-likeness (QED) is 0.705. The number of aliphatic carboxylic acids is 1. The molecule has 104 valence electrons. The topological polar surface area (TPSA) is 76.1 Å². The van der Waals surface area contributed by atoms with E-state index < -0.39 is 5.97 Å². The molecule has 0 unspecified atom stereocenters. The highest BCUT2D eigenvalue weighted by atomic mass is 16.4. The lowest BCUT2D eigenvalue weighted by atomic mass is 10.4. The van der Waals surface area contributed by atoms with Gasteiger partial charge in [0.1, 0.15) is 6.54 Å². The fraction of sp³-hybridized carbons (Fsp3) is 0.818. The summed E-state index contributed by atoms with van der Waals surface area (Å²) in [5.41, 5.74) is 2.76. The number of carboxylic acid groups (broad SMARTS) is 1. The van der Waals surface area contributed by atoms with Gasteiger partial charge in [-0.25, -0.2) is 9.80 Å². The maximum atomic E-state index is 11.9. The SMILES string of the molecule is CCCN(CC(=O)O)C(=O)NN1CCN(C)CC1. The van der Waals surface area contributed by atoms with Gasteiger partial charge in [-0.2, -0.15) is 0 Å². The first-order valence-corrected chi connectivity index (χ1v) is 6.23. The van der Waals surface area contributed by atoms with Crippen LogP contribution in [0, 0.1) is 0 Å². The summed E-state index contributed by atoms with van der Waals surface area (Å²) in [6, 6.07) is -0.330. The minimum Gasteiger partial charge on any atom is -0.480 e. The third-order valence-electron chi connectivity index (χ3n) is 2.86. The summed E-state index contributed by atoms with van der Waals surface area (Å²) in [7, 11) is 2.03. The molecule has 0 saturated carbocycles. The number of carboxylic acids is 1. The van der Waals surface area contributed by atoms with Crippen molar-refractivity contribution in [2.24, 2.45) is 0 Å². The molecule has 0 spiro atoms. The van der Waals surface area contributed by atoms with Crippen molar-refractivity contribution in [3.8, 4) is 0 Å². The van der Waals surface area contributed by atoms with Gasteiger partial charge in [-0.15, -0.1) is 0 Å². The third-order valence-corrected chi connectivity index (χ3v) is 2.86. The first kappa shape index (κ1) is 14.7. The molecule has 0 aromatic carbocycles. The Hall–Kier alpha value is -1.34. The Morgan fingerprint density at radius 1 is 1.28 bits per heavy atom. The Kier molecular flexibility index (Phi) is 5.87. The lowest BCUT2D eigenvalue weighted by Crippen LogP contribution is -2.56. The number of carbonyl (C=O) groups is 2. The molecule has 7 nitrogen and oxygen atoms in total. The largest absolute Gasteiger partial charge is 0.480 e. The zero-order chi connectivity index (χ0) is 13.5. The standard InChI is InChI=1S/C11H22N4O3/c1-3-4-14(9-10(16)17)11(18)12-15-7-5-13(2)6-8-15/h3-9H2,1-2H3,(H,12,18)(H,16,17). The van der Waals surface area contributed by atoms with Gasteiger partial charge in [-0.1, -0.05) is 6.92 Å². The number of nitrogens with one attached hydrogen (secondary N) is 1. The predicted octanol–water partition coefficient (Wildman–Crippen LogP) is -0.345. The van der Waals surface area contributed by atoms with Crippen LogP contribution < -0.4 is 5.43 Å². The smallest absolute Gasteiger partial charge is 0.332 e. The van der Waals surface area contributed by atoms with Crippen molar-refractivity contribution in [1.82, 2.24) is 20.2 Å². The van der Waals surface area contributed by atoms with Gasteiger partial charge in [0.15, 0.2) is 0 Å². The molecule has 1 rings (SSSR count). The molecule has 1 heterocycles. The number of urea groups is 1. The fourth-order valence-corrected chi connectivity index (χ4v) is 1.81. The number of hydrogen-bond donors (Lipinski definition) is 2. The summed E-state index contributed by atoms with van der Waals surface area (Å²) in [6.45, 7) is 5.42. The number of amides is 2. The van der Waals surface area contributed by atoms with Crippen molar-refractivity contribution in [1.29, 1.82) is 0 Å². The summed E-state index contributed by atoms with van der Waals surface area (Å²) in [6.07, 6.45) is 0.740. The molecule has 1 aliphatic rings. The molecule has 0 aliphatic carbocycles. The second kappa shape index (κ2) is 7.17. The number of piperazine rings is 1. The molecule has 0 aromatic rings. The first-order chi connectivity index (χ1) is 8.52. The maximum Gasteiger partial charge on any atom is 0.332 e. The summed E-state index contributed by atoms with van der Waals surface area (Å²) in [4.78, 5) is 26.1. The fourth-order valence-electron chi connectivity index (χ4n) is 1.81. The highest BCUT2D eigenvalue weighted by molar-refractivity contribution is 5.79. The van der Waals surface area contributed by atoms with Crippen molar-refractivity contribution in [2.45, 2.75) is 13.3 Å². The van der Waals surface area contributed by atoms with Crippen LogP contribution in [0.25, 0.3) is 0 Å². The van der Waals surface area contributed by atoms with E-state index >= 15 is 0 Å². The van der Waals surface area contributed by atoms with Gasteiger partial charge < -0.3 is 14.9 Å². The number of likely N-dealkylation sites (N-methyl/N-ethyl adjacent to an activating group) is 1. The number of nitrogens with zero attached hydrogens (tertiary/aromatic N) is 3. The average molecular weight is 258 g/mol. The molecular weight excluding hydrogens is 236 g/mol. The van der Waals surface area contributed by atoms with Gasteiger partial charge >= 0.3 is 12.0 Å². The molecule has 1 fully saturated rings. The average Bonchev–Trinajstić information content (AvgIpc) is 2.31. The number of rotatable bonds is 5. The second-order valence-corrected chi connectivity index (χ2v) is 4.52. The van der Waals surface area contributed by atoms with Crippen LogP contribution in [0.15, 0.2) is 0 Å². The third kappa shape index (κ3) is 4.89. The van der Waals surface area contributed by atoms with E-state index in [0.717, 1.165) is 32.6 Å². The molecular formula is C11H22N4O3. The van der Waals surface area contributed by atoms with E-state index in [1.165, 1.54) is 4.90 Å². The predicted molar refractivity (Wildman–Crippen MR) is 67.1 cm³/mol. The van der Waals surface area contributed by atoms with Crippen LogP contribution in [0.4, 0.5) is 4.79 Å². The molecule has 18 heavy (non-hydrogen) atoms. The second-order valence-electron chi connectivity index (χ2n) is 4.52. The Morgan fingerprint density at radius 2 is 1.89 bits per heavy atom. The number of hydrogen-bond acceptors (Lipinski definition) is 4. The molecule has 2 N–H and O–H groups in total. The zero-order valence-electron chi connectivity index (χ0n) is 11.1. The minimum absolute atomic E-state index is 0.257. The Morgan fingerprint density at radius 3 is 2.39 bits per heavy atom. The van der Waals surface area contributed by atoms with Gasteiger partial charge in [0.05, 0.1) is 0 Å². The monoisotopic (exact) mass is 258 g/mol. The Balaban J connectivity index is 2.42. The lowest BCUT2D eigenvalue weighted by Gasteiger charge is -2.33. The molecule has 0 bridgehead atoms. The Bertz CT molecular complexity index is 290. The number of hydrazine groups is 1. The van der Waals surface area contributed by atoms with E-state index in [1.54, 1.807) is 0 Å². The van der Waals surface area contributed by atoms with Gasteiger partial charge in [0.2, 0.25) is 0 Å². The summed E-state index contributed by atoms with van der Waals surface area (Å²) >= 11 is 0. The van der Waals surface area contributed by atoms with Crippen molar-refractivity contribution < 1.29 is 14.7 Å². The van der Waals surface area contributed by atoms with Gasteiger partial charge in [0.25, 0.3) is 0 Å². The van der Waals surface area contributed by atoms with Crippen LogP contribution in [0.1, 0.15) is 13.3 Å². The van der Waals surface area contributed by atoms with Crippen LogP contribution in [-0.4, -0.2) is 78.2 Å². The van der Waals surface area contributed by atoms with E-state index in [1.807, 2.05) is 19.0 Å². The summed E-state index contributed by atoms with van der Waals surface area (Å²) in [5, 5.41) is 10.6.